The molecule has 1 heterocycles. The predicted octanol–water partition coefficient (Wildman–Crippen LogP) is 1.42. The Kier molecular flexibility index (Phi) is 9.92. The number of hydrogen-bond donors (Lipinski definition) is 3. The molecule has 1 amide bonds. The quantitative estimate of drug-likeness (QED) is 0.497. The molecule has 0 saturated carbocycles. The van der Waals surface area contributed by atoms with Gasteiger partial charge in [-0.2, -0.15) is 0 Å². The summed E-state index contributed by atoms with van der Waals surface area (Å²) in [4.78, 5) is 15.0. The summed E-state index contributed by atoms with van der Waals surface area (Å²) in [6.07, 6.45) is 1.22. The minimum Gasteiger partial charge on any atom is -0.391 e. The summed E-state index contributed by atoms with van der Waals surface area (Å²) in [5.74, 6) is -0.0685. The molecule has 1 saturated heterocycles. The smallest absolute Gasteiger partial charge is 0.223 e. The van der Waals surface area contributed by atoms with E-state index < -0.39 is 6.10 Å². The summed E-state index contributed by atoms with van der Waals surface area (Å²) < 4.78 is 5.35. The average Bonchev–Trinajstić information content (AvgIpc) is 2.70. The lowest BCUT2D eigenvalue weighted by Gasteiger charge is -2.27. The van der Waals surface area contributed by atoms with E-state index in [1.165, 1.54) is 0 Å². The maximum Gasteiger partial charge on any atom is 0.223 e. The molecule has 0 bridgehead atoms. The molecule has 0 spiro atoms. The summed E-state index contributed by atoms with van der Waals surface area (Å²) in [5, 5.41) is 13.6. The zero-order valence-electron chi connectivity index (χ0n) is 17.3. The van der Waals surface area contributed by atoms with Gasteiger partial charge in [0.15, 0.2) is 0 Å². The fourth-order valence-electron chi connectivity index (χ4n) is 3.61. The van der Waals surface area contributed by atoms with Crippen molar-refractivity contribution in [1.29, 1.82) is 0 Å². The van der Waals surface area contributed by atoms with Gasteiger partial charge >= 0.3 is 0 Å². The third kappa shape index (κ3) is 7.87. The van der Waals surface area contributed by atoms with Gasteiger partial charge in [-0.3, -0.25) is 9.69 Å². The van der Waals surface area contributed by atoms with Crippen molar-refractivity contribution in [2.75, 3.05) is 39.4 Å². The van der Waals surface area contributed by atoms with E-state index >= 15 is 0 Å². The maximum absolute atomic E-state index is 12.7. The van der Waals surface area contributed by atoms with Gasteiger partial charge in [-0.1, -0.05) is 44.2 Å². The number of carbonyl (C=O) groups is 1. The molecule has 158 valence electrons. The summed E-state index contributed by atoms with van der Waals surface area (Å²) in [5.41, 5.74) is 7.30. The van der Waals surface area contributed by atoms with E-state index in [0.717, 1.165) is 44.8 Å². The van der Waals surface area contributed by atoms with E-state index in [9.17, 15) is 9.90 Å². The third-order valence-electron chi connectivity index (χ3n) is 5.50. The molecule has 0 radical (unpaired) electrons. The normalized spacial score (nSPS) is 18.6. The highest BCUT2D eigenvalue weighted by Crippen LogP contribution is 2.20. The summed E-state index contributed by atoms with van der Waals surface area (Å²) >= 11 is 0. The number of rotatable bonds is 11. The van der Waals surface area contributed by atoms with Crippen LogP contribution in [0, 0.1) is 11.8 Å². The molecule has 4 N–H and O–H groups in total. The Morgan fingerprint density at radius 1 is 1.25 bits per heavy atom. The number of nitrogens with two attached hydrogens (primary N) is 1. The molecule has 0 aliphatic carbocycles. The molecule has 3 atom stereocenters. The molecular formula is C22H37N3O3. The number of aliphatic hydroxyl groups excluding tert-OH is 1. The first kappa shape index (κ1) is 22.8. The van der Waals surface area contributed by atoms with Crippen LogP contribution in [-0.2, 0) is 16.0 Å². The number of carbonyl (C=O) groups excluding carboxylic acids is 1. The van der Waals surface area contributed by atoms with Gasteiger partial charge < -0.3 is 20.9 Å². The Hall–Kier alpha value is -1.47. The van der Waals surface area contributed by atoms with E-state index in [-0.39, 0.29) is 23.8 Å². The maximum atomic E-state index is 12.7. The first-order valence-electron chi connectivity index (χ1n) is 10.5. The lowest BCUT2D eigenvalue weighted by atomic mass is 9.86. The van der Waals surface area contributed by atoms with Crippen LogP contribution in [-0.4, -0.2) is 67.5 Å². The summed E-state index contributed by atoms with van der Waals surface area (Å²) in [7, 11) is 0. The largest absolute Gasteiger partial charge is 0.391 e. The molecule has 1 aliphatic heterocycles. The topological polar surface area (TPSA) is 87.8 Å². The minimum atomic E-state index is -0.702. The van der Waals surface area contributed by atoms with E-state index in [1.807, 2.05) is 44.2 Å². The zero-order valence-corrected chi connectivity index (χ0v) is 17.3. The molecule has 6 nitrogen and oxygen atoms in total. The average molecular weight is 392 g/mol. The number of benzene rings is 1. The first-order chi connectivity index (χ1) is 13.5. The number of hydrogen-bond acceptors (Lipinski definition) is 5. The van der Waals surface area contributed by atoms with Gasteiger partial charge in [0.1, 0.15) is 0 Å². The van der Waals surface area contributed by atoms with Crippen molar-refractivity contribution in [1.82, 2.24) is 10.2 Å². The van der Waals surface area contributed by atoms with Crippen LogP contribution >= 0.6 is 0 Å². The summed E-state index contributed by atoms with van der Waals surface area (Å²) in [6.45, 7) is 9.20. The van der Waals surface area contributed by atoms with Gasteiger partial charge in [0.2, 0.25) is 5.91 Å². The van der Waals surface area contributed by atoms with Crippen LogP contribution in [0.3, 0.4) is 0 Å². The number of morpholine rings is 1. The van der Waals surface area contributed by atoms with Gasteiger partial charge in [0, 0.05) is 31.6 Å². The number of amides is 1. The lowest BCUT2D eigenvalue weighted by Crippen LogP contribution is -2.43. The molecule has 1 aliphatic rings. The molecule has 0 aromatic heterocycles. The van der Waals surface area contributed by atoms with Gasteiger partial charge in [-0.15, -0.1) is 0 Å². The second-order valence-corrected chi connectivity index (χ2v) is 8.11. The highest BCUT2D eigenvalue weighted by molar-refractivity contribution is 5.78. The second kappa shape index (κ2) is 12.2. The molecular weight excluding hydrogens is 354 g/mol. The SMILES string of the molecule is CC(C)[C@H](C[C@H](O)[C@@H](N)Cc1ccccc1)C(=O)NCCCN1CCOCC1. The molecule has 0 unspecified atom stereocenters. The van der Waals surface area contributed by atoms with Gasteiger partial charge in [-0.25, -0.2) is 0 Å². The van der Waals surface area contributed by atoms with Crippen LogP contribution in [0.2, 0.25) is 0 Å². The van der Waals surface area contributed by atoms with Crippen molar-refractivity contribution in [2.24, 2.45) is 17.6 Å². The van der Waals surface area contributed by atoms with Crippen molar-refractivity contribution in [3.63, 3.8) is 0 Å². The Balaban J connectivity index is 1.74. The predicted molar refractivity (Wildman–Crippen MR) is 112 cm³/mol. The first-order valence-corrected chi connectivity index (χ1v) is 10.5. The molecule has 2 rings (SSSR count). The van der Waals surface area contributed by atoms with Crippen molar-refractivity contribution in [2.45, 2.75) is 45.3 Å². The Bertz CT molecular complexity index is 561. The number of nitrogens with zero attached hydrogens (tertiary/aromatic N) is 1. The molecule has 6 heteroatoms. The molecule has 1 fully saturated rings. The van der Waals surface area contributed by atoms with Crippen molar-refractivity contribution >= 4 is 5.91 Å². The van der Waals surface area contributed by atoms with Crippen LogP contribution in [0.15, 0.2) is 30.3 Å². The minimum absolute atomic E-state index is 0.0166. The fraction of sp³-hybridized carbons (Fsp3) is 0.682. The van der Waals surface area contributed by atoms with Crippen LogP contribution in [0.5, 0.6) is 0 Å². The highest BCUT2D eigenvalue weighted by atomic mass is 16.5. The highest BCUT2D eigenvalue weighted by Gasteiger charge is 2.27. The standard InChI is InChI=1S/C22H37N3O3/c1-17(2)19(16-21(26)20(23)15-18-7-4-3-5-8-18)22(27)24-9-6-10-25-11-13-28-14-12-25/h3-5,7-8,17,19-21,26H,6,9-16,23H2,1-2H3,(H,24,27)/t19-,20-,21-/m0/s1. The van der Waals surface area contributed by atoms with Gasteiger partial charge in [0.25, 0.3) is 0 Å². The van der Waals surface area contributed by atoms with Gasteiger partial charge in [-0.05, 0) is 37.3 Å². The van der Waals surface area contributed by atoms with Crippen LogP contribution < -0.4 is 11.1 Å². The van der Waals surface area contributed by atoms with Gasteiger partial charge in [0.05, 0.1) is 19.3 Å². The van der Waals surface area contributed by atoms with E-state index in [0.29, 0.717) is 19.4 Å². The Morgan fingerprint density at radius 3 is 2.57 bits per heavy atom. The van der Waals surface area contributed by atoms with Crippen LogP contribution in [0.25, 0.3) is 0 Å². The van der Waals surface area contributed by atoms with Crippen LogP contribution in [0.4, 0.5) is 0 Å². The third-order valence-corrected chi connectivity index (χ3v) is 5.50. The van der Waals surface area contributed by atoms with Crippen molar-refractivity contribution < 1.29 is 14.6 Å². The van der Waals surface area contributed by atoms with Crippen molar-refractivity contribution in [3.8, 4) is 0 Å². The van der Waals surface area contributed by atoms with E-state index in [1.54, 1.807) is 0 Å². The monoisotopic (exact) mass is 391 g/mol. The van der Waals surface area contributed by atoms with Crippen LogP contribution in [0.1, 0.15) is 32.3 Å². The fourth-order valence-corrected chi connectivity index (χ4v) is 3.61. The lowest BCUT2D eigenvalue weighted by molar-refractivity contribution is -0.127. The second-order valence-electron chi connectivity index (χ2n) is 8.11. The van der Waals surface area contributed by atoms with Crippen molar-refractivity contribution in [3.05, 3.63) is 35.9 Å². The zero-order chi connectivity index (χ0) is 20.4. The number of nitrogens with one attached hydrogen (secondary N) is 1. The Labute approximate surface area is 169 Å². The molecule has 1 aromatic carbocycles. The molecule has 1 aromatic rings. The molecule has 28 heavy (non-hydrogen) atoms. The Morgan fingerprint density at radius 2 is 1.93 bits per heavy atom. The number of ether oxygens (including phenoxy) is 1. The van der Waals surface area contributed by atoms with E-state index in [2.05, 4.69) is 10.2 Å². The number of aliphatic hydroxyl groups is 1. The summed E-state index contributed by atoms with van der Waals surface area (Å²) in [6, 6.07) is 9.54. The van der Waals surface area contributed by atoms with E-state index in [4.69, 9.17) is 10.5 Å².